The largest absolute Gasteiger partial charge is 0.376 e. The van der Waals surface area contributed by atoms with Crippen LogP contribution in [0, 0.1) is 0 Å². The second kappa shape index (κ2) is 7.44. The topological polar surface area (TPSA) is 84.2 Å². The summed E-state index contributed by atoms with van der Waals surface area (Å²) in [5.41, 5.74) is 1.13. The number of aromatic nitrogens is 5. The van der Waals surface area contributed by atoms with Crippen LogP contribution in [0.5, 0.6) is 0 Å². The molecule has 10 heteroatoms. The molecule has 0 N–H and O–H groups in total. The Morgan fingerprint density at radius 1 is 1.26 bits per heavy atom. The molecule has 0 bridgehead atoms. The van der Waals surface area contributed by atoms with Gasteiger partial charge in [0.05, 0.1) is 12.1 Å². The van der Waals surface area contributed by atoms with Gasteiger partial charge in [-0.25, -0.2) is 14.6 Å². The molecule has 0 radical (unpaired) electrons. The molecule has 27 heavy (non-hydrogen) atoms. The van der Waals surface area contributed by atoms with Crippen molar-refractivity contribution in [3.8, 4) is 0 Å². The van der Waals surface area contributed by atoms with Crippen LogP contribution in [-0.2, 0) is 14.2 Å². The lowest BCUT2D eigenvalue weighted by Crippen LogP contribution is -2.31. The van der Waals surface area contributed by atoms with E-state index in [-0.39, 0.29) is 24.4 Å². The van der Waals surface area contributed by atoms with E-state index in [4.69, 9.17) is 25.8 Å². The summed E-state index contributed by atoms with van der Waals surface area (Å²) in [5.74, 6) is 0.267. The van der Waals surface area contributed by atoms with Gasteiger partial charge in [-0.3, -0.25) is 0 Å². The number of hydrogen-bond donors (Lipinski definition) is 0. The van der Waals surface area contributed by atoms with E-state index in [2.05, 4.69) is 27.2 Å². The number of ether oxygens (including phenoxy) is 3. The minimum absolute atomic E-state index is 0.0581. The molecule has 4 rings (SSSR count). The van der Waals surface area contributed by atoms with Crippen molar-refractivity contribution in [3.05, 3.63) is 5.15 Å². The van der Waals surface area contributed by atoms with Crippen molar-refractivity contribution in [1.29, 1.82) is 0 Å². The molecule has 4 atom stereocenters. The van der Waals surface area contributed by atoms with Crippen molar-refractivity contribution < 1.29 is 14.2 Å². The fourth-order valence-electron chi connectivity index (χ4n) is 3.78. The van der Waals surface area contributed by atoms with Crippen LogP contribution in [0.25, 0.3) is 11.2 Å². The normalized spacial score (nSPS) is 29.5. The first-order valence-electron chi connectivity index (χ1n) is 9.32. The molecule has 0 unspecified atom stereocenters. The molecule has 0 spiro atoms. The lowest BCUT2D eigenvalue weighted by atomic mass is 10.2. The van der Waals surface area contributed by atoms with Gasteiger partial charge in [-0.15, -0.1) is 5.10 Å². The maximum Gasteiger partial charge on any atom is 0.191 e. The summed E-state index contributed by atoms with van der Waals surface area (Å²) in [6.45, 7) is 8.56. The van der Waals surface area contributed by atoms with Crippen LogP contribution in [0.3, 0.4) is 0 Å². The number of halogens is 1. The minimum Gasteiger partial charge on any atom is -0.376 e. The highest BCUT2D eigenvalue weighted by atomic mass is 35.5. The second-order valence-corrected chi connectivity index (χ2v) is 8.63. The van der Waals surface area contributed by atoms with Crippen LogP contribution in [0.4, 0.5) is 0 Å². The van der Waals surface area contributed by atoms with Crippen LogP contribution in [-0.4, -0.2) is 61.4 Å². The molecular formula is C17H24ClN5O3S. The van der Waals surface area contributed by atoms with E-state index < -0.39 is 5.79 Å². The highest BCUT2D eigenvalue weighted by molar-refractivity contribution is 7.99. The van der Waals surface area contributed by atoms with Crippen molar-refractivity contribution in [2.24, 2.45) is 0 Å². The van der Waals surface area contributed by atoms with Gasteiger partial charge < -0.3 is 14.2 Å². The molecule has 2 aromatic heterocycles. The van der Waals surface area contributed by atoms with Gasteiger partial charge >= 0.3 is 0 Å². The van der Waals surface area contributed by atoms with E-state index >= 15 is 0 Å². The number of hydrogen-bond acceptors (Lipinski definition) is 8. The van der Waals surface area contributed by atoms with E-state index in [0.717, 1.165) is 18.6 Å². The minimum atomic E-state index is -0.658. The predicted octanol–water partition coefficient (Wildman–Crippen LogP) is 3.25. The summed E-state index contributed by atoms with van der Waals surface area (Å²) in [6.07, 6.45) is 1.37. The Labute approximate surface area is 167 Å². The Bertz CT molecular complexity index is 832. The summed E-state index contributed by atoms with van der Waals surface area (Å²) in [7, 11) is 0. The van der Waals surface area contributed by atoms with Crippen LogP contribution in [0.1, 0.15) is 46.6 Å². The third kappa shape index (κ3) is 3.55. The third-order valence-electron chi connectivity index (χ3n) is 4.77. The predicted molar refractivity (Wildman–Crippen MR) is 102 cm³/mol. The Balaban J connectivity index is 1.71. The first-order chi connectivity index (χ1) is 12.9. The average Bonchev–Trinajstić information content (AvgIpc) is 3.25. The molecule has 1 saturated carbocycles. The number of fused-ring (bicyclic) bond motifs is 2. The Kier molecular flexibility index (Phi) is 5.32. The Morgan fingerprint density at radius 3 is 2.78 bits per heavy atom. The van der Waals surface area contributed by atoms with Gasteiger partial charge in [-0.05, 0) is 27.2 Å². The quantitative estimate of drug-likeness (QED) is 0.405. The molecular weight excluding hydrogens is 390 g/mol. The monoisotopic (exact) mass is 413 g/mol. The van der Waals surface area contributed by atoms with E-state index in [0.29, 0.717) is 28.1 Å². The zero-order chi connectivity index (χ0) is 19.2. The molecule has 1 aliphatic carbocycles. The van der Waals surface area contributed by atoms with Gasteiger partial charge in [0.1, 0.15) is 12.2 Å². The lowest BCUT2D eigenvalue weighted by molar-refractivity contribution is -0.170. The number of nitrogens with zero attached hydrogens (tertiary/aromatic N) is 5. The van der Waals surface area contributed by atoms with Crippen LogP contribution in [0.2, 0.25) is 5.15 Å². The highest BCUT2D eigenvalue weighted by Gasteiger charge is 2.55. The third-order valence-corrected chi connectivity index (χ3v) is 6.09. The van der Waals surface area contributed by atoms with Crippen molar-refractivity contribution >= 4 is 34.5 Å². The highest BCUT2D eigenvalue weighted by Crippen LogP contribution is 2.45. The lowest BCUT2D eigenvalue weighted by Gasteiger charge is -2.23. The summed E-state index contributed by atoms with van der Waals surface area (Å²) in [4.78, 5) is 9.00. The summed E-state index contributed by atoms with van der Waals surface area (Å²) < 4.78 is 20.0. The fourth-order valence-corrected chi connectivity index (χ4v) is 4.73. The zero-order valence-electron chi connectivity index (χ0n) is 15.9. The molecule has 1 saturated heterocycles. The van der Waals surface area contributed by atoms with Gasteiger partial charge in [0.2, 0.25) is 0 Å². The van der Waals surface area contributed by atoms with E-state index in [9.17, 15) is 0 Å². The molecule has 2 aromatic rings. The molecule has 3 heterocycles. The van der Waals surface area contributed by atoms with Gasteiger partial charge in [0.25, 0.3) is 0 Å². The van der Waals surface area contributed by atoms with E-state index in [1.54, 1.807) is 16.4 Å². The zero-order valence-corrected chi connectivity index (χ0v) is 17.5. The smallest absolute Gasteiger partial charge is 0.191 e. The van der Waals surface area contributed by atoms with E-state index in [1.807, 2.05) is 20.8 Å². The van der Waals surface area contributed by atoms with Crippen molar-refractivity contribution in [1.82, 2.24) is 25.0 Å². The first-order valence-corrected chi connectivity index (χ1v) is 10.7. The SMILES string of the molecule is CCCSc1nc(Cl)c2nnn([C@@H]3C[C@H](OCC)[C@H]4OC(C)(C)O[C@H]43)c2n1. The van der Waals surface area contributed by atoms with Gasteiger partial charge in [-0.2, -0.15) is 0 Å². The fraction of sp³-hybridized carbons (Fsp3) is 0.765. The molecule has 2 fully saturated rings. The van der Waals surface area contributed by atoms with Crippen molar-refractivity contribution in [2.45, 2.75) is 75.8 Å². The number of thioether (sulfide) groups is 1. The van der Waals surface area contributed by atoms with Gasteiger partial charge in [0.15, 0.2) is 27.3 Å². The summed E-state index contributed by atoms with van der Waals surface area (Å²) in [5, 5.41) is 9.52. The first kappa shape index (κ1) is 19.3. The molecule has 1 aliphatic heterocycles. The average molecular weight is 414 g/mol. The van der Waals surface area contributed by atoms with Gasteiger partial charge in [-0.1, -0.05) is 35.5 Å². The molecule has 8 nitrogen and oxygen atoms in total. The standard InChI is InChI=1S/C17H24ClN5O3S/c1-5-7-27-16-19-14(18)11-15(20-16)23(22-21-11)9-8-10(24-6-2)13-12(9)25-17(3,4)26-13/h9-10,12-13H,5-8H2,1-4H3/t9-,10+,12+,13-/m1/s1. The van der Waals surface area contributed by atoms with Crippen LogP contribution < -0.4 is 0 Å². The number of rotatable bonds is 6. The summed E-state index contributed by atoms with van der Waals surface area (Å²) >= 11 is 7.91. The molecule has 148 valence electrons. The second-order valence-electron chi connectivity index (χ2n) is 7.21. The molecule has 2 aliphatic rings. The van der Waals surface area contributed by atoms with Crippen LogP contribution in [0.15, 0.2) is 5.16 Å². The Morgan fingerprint density at radius 2 is 2.04 bits per heavy atom. The van der Waals surface area contributed by atoms with Crippen LogP contribution >= 0.6 is 23.4 Å². The van der Waals surface area contributed by atoms with Gasteiger partial charge in [0, 0.05) is 18.8 Å². The van der Waals surface area contributed by atoms with E-state index in [1.165, 1.54) is 0 Å². The van der Waals surface area contributed by atoms with Crippen molar-refractivity contribution in [2.75, 3.05) is 12.4 Å². The summed E-state index contributed by atoms with van der Waals surface area (Å²) in [6, 6.07) is -0.0895. The maximum absolute atomic E-state index is 6.34. The molecule has 0 aromatic carbocycles. The maximum atomic E-state index is 6.34. The van der Waals surface area contributed by atoms with Crippen molar-refractivity contribution in [3.63, 3.8) is 0 Å². The Hall–Kier alpha value is -1.00. The molecule has 0 amide bonds.